The third-order valence-corrected chi connectivity index (χ3v) is 9.64. The summed E-state index contributed by atoms with van der Waals surface area (Å²) in [6.07, 6.45) is 20.0. The quantitative estimate of drug-likeness (QED) is 0.0753. The Kier molecular flexibility index (Phi) is 15.2. The van der Waals surface area contributed by atoms with E-state index in [0.29, 0.717) is 5.25 Å². The van der Waals surface area contributed by atoms with Gasteiger partial charge in [0.25, 0.3) is 0 Å². The van der Waals surface area contributed by atoms with Crippen LogP contribution < -0.4 is 0 Å². The van der Waals surface area contributed by atoms with Crippen molar-refractivity contribution in [3.05, 3.63) is 119 Å². The lowest BCUT2D eigenvalue weighted by molar-refractivity contribution is 0.593. The molecule has 4 rings (SSSR count). The average molecular weight is 605 g/mol. The molecular formula is C43H56S. The van der Waals surface area contributed by atoms with Gasteiger partial charge in [-0.15, -0.1) is 0 Å². The average Bonchev–Trinajstić information content (AvgIpc) is 3.07. The molecule has 0 aliphatic heterocycles. The van der Waals surface area contributed by atoms with Crippen molar-refractivity contribution < 1.29 is 0 Å². The number of hydrogen-bond acceptors (Lipinski definition) is 1. The molecule has 4 aromatic carbocycles. The molecule has 0 fully saturated rings. The molecule has 44 heavy (non-hydrogen) atoms. The zero-order valence-electron chi connectivity index (χ0n) is 27.6. The molecule has 0 bridgehead atoms. The van der Waals surface area contributed by atoms with Gasteiger partial charge in [-0.25, -0.2) is 0 Å². The normalized spacial score (nSPS) is 11.4. The van der Waals surface area contributed by atoms with Crippen LogP contribution in [-0.2, 0) is 25.7 Å². The Morgan fingerprint density at radius 1 is 0.364 bits per heavy atom. The molecule has 0 heterocycles. The molecule has 4 aromatic rings. The fraction of sp³-hybridized carbons (Fsp3) is 0.442. The van der Waals surface area contributed by atoms with Gasteiger partial charge in [0.2, 0.25) is 0 Å². The van der Waals surface area contributed by atoms with Gasteiger partial charge in [0, 0.05) is 5.25 Å². The van der Waals surface area contributed by atoms with Gasteiger partial charge in [-0.3, -0.25) is 0 Å². The molecule has 234 valence electrons. The van der Waals surface area contributed by atoms with Crippen LogP contribution in [0.2, 0.25) is 0 Å². The SMILES string of the molecule is CCCCCc1ccc(-c2ccc(CCCCC(S)CCCCc3ccc(-c4ccc(CCCCC)cc4)cc3)cc2)cc1. The fourth-order valence-electron chi connectivity index (χ4n) is 6.18. The smallest absolute Gasteiger partial charge is 0.00168 e. The van der Waals surface area contributed by atoms with Crippen molar-refractivity contribution in [3.8, 4) is 22.3 Å². The van der Waals surface area contributed by atoms with E-state index >= 15 is 0 Å². The van der Waals surface area contributed by atoms with Crippen molar-refractivity contribution in [1.82, 2.24) is 0 Å². The van der Waals surface area contributed by atoms with Gasteiger partial charge in [-0.1, -0.05) is 149 Å². The second-order valence-electron chi connectivity index (χ2n) is 12.8. The van der Waals surface area contributed by atoms with Crippen molar-refractivity contribution in [2.45, 2.75) is 122 Å². The fourth-order valence-corrected chi connectivity index (χ4v) is 6.54. The van der Waals surface area contributed by atoms with Crippen molar-refractivity contribution in [2.75, 3.05) is 0 Å². The van der Waals surface area contributed by atoms with Gasteiger partial charge in [0.05, 0.1) is 0 Å². The van der Waals surface area contributed by atoms with Crippen LogP contribution in [0.15, 0.2) is 97.1 Å². The number of benzene rings is 4. The molecule has 0 N–H and O–H groups in total. The predicted octanol–water partition coefficient (Wildman–Crippen LogP) is 12.9. The highest BCUT2D eigenvalue weighted by atomic mass is 32.1. The topological polar surface area (TPSA) is 0 Å². The lowest BCUT2D eigenvalue weighted by Crippen LogP contribution is -2.00. The third kappa shape index (κ3) is 12.0. The van der Waals surface area contributed by atoms with E-state index in [4.69, 9.17) is 12.6 Å². The third-order valence-electron chi connectivity index (χ3n) is 9.13. The van der Waals surface area contributed by atoms with E-state index in [1.54, 1.807) is 0 Å². The maximum atomic E-state index is 4.92. The van der Waals surface area contributed by atoms with Crippen molar-refractivity contribution in [2.24, 2.45) is 0 Å². The van der Waals surface area contributed by atoms with E-state index < -0.39 is 0 Å². The molecular weight excluding hydrogens is 549 g/mol. The summed E-state index contributed by atoms with van der Waals surface area (Å²) in [5.41, 5.74) is 11.1. The van der Waals surface area contributed by atoms with Crippen LogP contribution >= 0.6 is 12.6 Å². The maximum Gasteiger partial charge on any atom is 0.00168 e. The summed E-state index contributed by atoms with van der Waals surface area (Å²) < 4.78 is 0. The van der Waals surface area contributed by atoms with Crippen LogP contribution in [0.1, 0.15) is 113 Å². The standard InChI is InChI=1S/C43H56S/c1-3-5-7-13-35-19-27-39(28-20-35)41-31-23-37(24-32-41)15-9-11-17-43(44)18-12-10-16-38-25-33-42(34-26-38)40-29-21-36(22-30-40)14-8-6-4-2/h19-34,43-44H,3-18H2,1-2H3. The summed E-state index contributed by atoms with van der Waals surface area (Å²) in [6, 6.07) is 36.8. The van der Waals surface area contributed by atoms with Crippen molar-refractivity contribution >= 4 is 12.6 Å². The van der Waals surface area contributed by atoms with E-state index in [1.165, 1.54) is 134 Å². The Labute approximate surface area is 275 Å². The first-order valence-electron chi connectivity index (χ1n) is 17.7. The first kappa shape index (κ1) is 34.1. The zero-order valence-corrected chi connectivity index (χ0v) is 28.5. The Balaban J connectivity index is 1.07. The Bertz CT molecular complexity index is 1190. The van der Waals surface area contributed by atoms with Crippen molar-refractivity contribution in [3.63, 3.8) is 0 Å². The second-order valence-corrected chi connectivity index (χ2v) is 13.6. The molecule has 1 heteroatoms. The van der Waals surface area contributed by atoms with Gasteiger partial charge in [-0.05, 0) is 109 Å². The van der Waals surface area contributed by atoms with Gasteiger partial charge in [-0.2, -0.15) is 12.6 Å². The maximum absolute atomic E-state index is 4.92. The molecule has 0 saturated carbocycles. The van der Waals surface area contributed by atoms with Crippen LogP contribution in [0.25, 0.3) is 22.3 Å². The number of thiol groups is 1. The van der Waals surface area contributed by atoms with E-state index in [9.17, 15) is 0 Å². The van der Waals surface area contributed by atoms with Crippen LogP contribution in [-0.4, -0.2) is 5.25 Å². The van der Waals surface area contributed by atoms with Crippen LogP contribution in [0, 0.1) is 0 Å². The second kappa shape index (κ2) is 19.6. The predicted molar refractivity (Wildman–Crippen MR) is 198 cm³/mol. The monoisotopic (exact) mass is 604 g/mol. The summed E-state index contributed by atoms with van der Waals surface area (Å²) >= 11 is 4.92. The summed E-state index contributed by atoms with van der Waals surface area (Å²) in [5, 5.41) is 0.523. The highest BCUT2D eigenvalue weighted by Crippen LogP contribution is 2.24. The molecule has 0 aliphatic rings. The zero-order chi connectivity index (χ0) is 30.8. The van der Waals surface area contributed by atoms with Gasteiger partial charge < -0.3 is 0 Å². The van der Waals surface area contributed by atoms with Crippen molar-refractivity contribution in [1.29, 1.82) is 0 Å². The van der Waals surface area contributed by atoms with Gasteiger partial charge in [0.1, 0.15) is 0 Å². The number of hydrogen-bond donors (Lipinski definition) is 1. The minimum Gasteiger partial charge on any atom is -0.176 e. The van der Waals surface area contributed by atoms with E-state index in [-0.39, 0.29) is 0 Å². The first-order valence-corrected chi connectivity index (χ1v) is 18.2. The van der Waals surface area contributed by atoms with E-state index in [1.807, 2.05) is 0 Å². The molecule has 0 aromatic heterocycles. The first-order chi connectivity index (χ1) is 21.6. The van der Waals surface area contributed by atoms with Gasteiger partial charge in [0.15, 0.2) is 0 Å². The minimum absolute atomic E-state index is 0.523. The van der Waals surface area contributed by atoms with E-state index in [0.717, 1.165) is 12.8 Å². The molecule has 0 saturated heterocycles. The molecule has 0 radical (unpaired) electrons. The largest absolute Gasteiger partial charge is 0.176 e. The lowest BCUT2D eigenvalue weighted by Gasteiger charge is -2.11. The molecule has 0 unspecified atom stereocenters. The minimum atomic E-state index is 0.523. The number of rotatable bonds is 20. The van der Waals surface area contributed by atoms with Gasteiger partial charge >= 0.3 is 0 Å². The number of aryl methyl sites for hydroxylation is 4. The van der Waals surface area contributed by atoms with E-state index in [2.05, 4.69) is 111 Å². The number of unbranched alkanes of at least 4 members (excludes halogenated alkanes) is 6. The summed E-state index contributed by atoms with van der Waals surface area (Å²) in [6.45, 7) is 4.53. The van der Waals surface area contributed by atoms with Crippen LogP contribution in [0.3, 0.4) is 0 Å². The summed E-state index contributed by atoms with van der Waals surface area (Å²) in [5.74, 6) is 0. The summed E-state index contributed by atoms with van der Waals surface area (Å²) in [4.78, 5) is 0. The Morgan fingerprint density at radius 3 is 0.864 bits per heavy atom. The Hall–Kier alpha value is -2.77. The lowest BCUT2D eigenvalue weighted by atomic mass is 9.98. The highest BCUT2D eigenvalue weighted by molar-refractivity contribution is 7.80. The Morgan fingerprint density at radius 2 is 0.614 bits per heavy atom. The van der Waals surface area contributed by atoms with Crippen LogP contribution in [0.5, 0.6) is 0 Å². The molecule has 0 aliphatic carbocycles. The molecule has 0 nitrogen and oxygen atoms in total. The summed E-state index contributed by atoms with van der Waals surface area (Å²) in [7, 11) is 0. The molecule has 0 atom stereocenters. The highest BCUT2D eigenvalue weighted by Gasteiger charge is 2.05. The molecule has 0 spiro atoms. The van der Waals surface area contributed by atoms with Crippen LogP contribution in [0.4, 0.5) is 0 Å². The molecule has 0 amide bonds.